The minimum atomic E-state index is -4.36. The van der Waals surface area contributed by atoms with Crippen molar-refractivity contribution in [2.45, 2.75) is 38.3 Å². The molecular formula is C28H30Cl2FN3O4S. The molecule has 3 aromatic carbocycles. The Kier molecular flexibility index (Phi) is 10.4. The fraction of sp³-hybridized carbons (Fsp3) is 0.286. The van der Waals surface area contributed by atoms with E-state index in [9.17, 15) is 22.4 Å². The molecule has 0 aliphatic rings. The van der Waals surface area contributed by atoms with Crippen molar-refractivity contribution in [3.05, 3.63) is 94.2 Å². The van der Waals surface area contributed by atoms with Crippen LogP contribution in [0.2, 0.25) is 10.0 Å². The average molecular weight is 595 g/mol. The van der Waals surface area contributed by atoms with Crippen molar-refractivity contribution in [3.63, 3.8) is 0 Å². The van der Waals surface area contributed by atoms with E-state index >= 15 is 0 Å². The van der Waals surface area contributed by atoms with Crippen molar-refractivity contribution in [1.29, 1.82) is 0 Å². The van der Waals surface area contributed by atoms with Crippen LogP contribution in [0.5, 0.6) is 0 Å². The van der Waals surface area contributed by atoms with E-state index in [2.05, 4.69) is 5.32 Å². The van der Waals surface area contributed by atoms with Gasteiger partial charge in [0.2, 0.25) is 11.8 Å². The molecule has 0 aliphatic heterocycles. The summed E-state index contributed by atoms with van der Waals surface area (Å²) in [6.45, 7) is 4.92. The number of hydrogen-bond donors (Lipinski definition) is 1. The molecule has 1 N–H and O–H groups in total. The molecule has 1 atom stereocenters. The summed E-state index contributed by atoms with van der Waals surface area (Å²) in [7, 11) is -4.36. The quantitative estimate of drug-likeness (QED) is 0.317. The van der Waals surface area contributed by atoms with Gasteiger partial charge in [0, 0.05) is 23.1 Å². The molecule has 0 spiro atoms. The Morgan fingerprint density at radius 3 is 2.21 bits per heavy atom. The molecule has 2 amide bonds. The number of para-hydroxylation sites is 1. The van der Waals surface area contributed by atoms with E-state index in [-0.39, 0.29) is 28.1 Å². The smallest absolute Gasteiger partial charge is 0.264 e. The summed E-state index contributed by atoms with van der Waals surface area (Å²) in [6, 6.07) is 16.5. The second-order valence-electron chi connectivity index (χ2n) is 9.35. The summed E-state index contributed by atoms with van der Waals surface area (Å²) in [6.07, 6.45) is 0. The van der Waals surface area contributed by atoms with E-state index in [0.29, 0.717) is 17.1 Å². The van der Waals surface area contributed by atoms with Crippen LogP contribution in [-0.2, 0) is 26.2 Å². The fourth-order valence-corrected chi connectivity index (χ4v) is 5.67. The highest BCUT2D eigenvalue weighted by Crippen LogP contribution is 2.28. The van der Waals surface area contributed by atoms with E-state index in [1.54, 1.807) is 18.2 Å². The lowest BCUT2D eigenvalue weighted by atomic mass is 10.1. The predicted molar refractivity (Wildman–Crippen MR) is 152 cm³/mol. The number of anilines is 1. The Bertz CT molecular complexity index is 1420. The Hall–Kier alpha value is -3.14. The van der Waals surface area contributed by atoms with Gasteiger partial charge >= 0.3 is 0 Å². The SMILES string of the molecule is CC(C)CNC(=O)[C@@H](C)N(Cc1ccc(Cl)cc1Cl)C(=O)CN(c1ccccc1F)S(=O)(=O)c1ccccc1. The van der Waals surface area contributed by atoms with Crippen molar-refractivity contribution in [2.24, 2.45) is 5.92 Å². The lowest BCUT2D eigenvalue weighted by molar-refractivity contribution is -0.139. The van der Waals surface area contributed by atoms with Crippen LogP contribution in [0.3, 0.4) is 0 Å². The van der Waals surface area contributed by atoms with Gasteiger partial charge in [0.25, 0.3) is 10.0 Å². The first-order chi connectivity index (χ1) is 18.4. The summed E-state index contributed by atoms with van der Waals surface area (Å²) in [5.41, 5.74) is 0.206. The van der Waals surface area contributed by atoms with Gasteiger partial charge in [-0.2, -0.15) is 0 Å². The van der Waals surface area contributed by atoms with Crippen molar-refractivity contribution in [3.8, 4) is 0 Å². The maximum absolute atomic E-state index is 14.9. The Labute approximate surface area is 238 Å². The number of hydrogen-bond acceptors (Lipinski definition) is 4. The van der Waals surface area contributed by atoms with Crippen LogP contribution in [0.25, 0.3) is 0 Å². The van der Waals surface area contributed by atoms with Gasteiger partial charge in [0.05, 0.1) is 10.6 Å². The maximum Gasteiger partial charge on any atom is 0.264 e. The minimum Gasteiger partial charge on any atom is -0.354 e. The zero-order valence-electron chi connectivity index (χ0n) is 21.8. The van der Waals surface area contributed by atoms with E-state index < -0.39 is 40.2 Å². The van der Waals surface area contributed by atoms with Gasteiger partial charge in [-0.3, -0.25) is 13.9 Å². The summed E-state index contributed by atoms with van der Waals surface area (Å²) in [5, 5.41) is 3.47. The van der Waals surface area contributed by atoms with Crippen molar-refractivity contribution in [2.75, 3.05) is 17.4 Å². The summed E-state index contributed by atoms with van der Waals surface area (Å²) in [4.78, 5) is 27.9. The van der Waals surface area contributed by atoms with E-state index in [1.807, 2.05) is 13.8 Å². The molecule has 0 heterocycles. The first-order valence-electron chi connectivity index (χ1n) is 12.2. The molecule has 0 unspecified atom stereocenters. The lowest BCUT2D eigenvalue weighted by Crippen LogP contribution is -2.51. The number of halogens is 3. The van der Waals surface area contributed by atoms with Crippen molar-refractivity contribution in [1.82, 2.24) is 10.2 Å². The number of carbonyl (C=O) groups excluding carboxylic acids is 2. The summed E-state index contributed by atoms with van der Waals surface area (Å²) in [5.74, 6) is -1.80. The van der Waals surface area contributed by atoms with Crippen LogP contribution in [0, 0.1) is 11.7 Å². The zero-order chi connectivity index (χ0) is 28.7. The summed E-state index contributed by atoms with van der Waals surface area (Å²) >= 11 is 12.4. The average Bonchev–Trinajstić information content (AvgIpc) is 2.90. The number of amides is 2. The van der Waals surface area contributed by atoms with Crippen LogP contribution in [0.15, 0.2) is 77.7 Å². The maximum atomic E-state index is 14.9. The van der Waals surface area contributed by atoms with Gasteiger partial charge in [-0.25, -0.2) is 12.8 Å². The van der Waals surface area contributed by atoms with Gasteiger partial charge < -0.3 is 10.2 Å². The second-order valence-corrected chi connectivity index (χ2v) is 12.1. The van der Waals surface area contributed by atoms with Crippen molar-refractivity contribution < 1.29 is 22.4 Å². The topological polar surface area (TPSA) is 86.8 Å². The van der Waals surface area contributed by atoms with E-state index in [0.717, 1.165) is 10.4 Å². The highest BCUT2D eigenvalue weighted by atomic mass is 35.5. The molecule has 0 radical (unpaired) electrons. The standard InChI is InChI=1S/C28H30Cl2FN3O4S/c1-19(2)16-32-28(36)20(3)33(17-21-13-14-22(29)15-24(21)30)27(35)18-34(26-12-8-7-11-25(26)31)39(37,38)23-9-5-4-6-10-23/h4-15,19-20H,16-18H2,1-3H3,(H,32,36)/t20-/m1/s1. The number of sulfonamides is 1. The second kappa shape index (κ2) is 13.3. The van der Waals surface area contributed by atoms with Crippen LogP contribution < -0.4 is 9.62 Å². The van der Waals surface area contributed by atoms with Gasteiger partial charge in [-0.1, -0.05) is 73.4 Å². The van der Waals surface area contributed by atoms with Gasteiger partial charge in [0.1, 0.15) is 18.4 Å². The molecule has 7 nitrogen and oxygen atoms in total. The molecule has 0 saturated carbocycles. The van der Waals surface area contributed by atoms with Gasteiger partial charge in [0.15, 0.2) is 0 Å². The molecule has 39 heavy (non-hydrogen) atoms. The van der Waals surface area contributed by atoms with Crippen LogP contribution in [-0.4, -0.2) is 44.3 Å². The van der Waals surface area contributed by atoms with Crippen LogP contribution in [0.4, 0.5) is 10.1 Å². The van der Waals surface area contributed by atoms with Gasteiger partial charge in [-0.15, -0.1) is 0 Å². The normalized spacial score (nSPS) is 12.2. The van der Waals surface area contributed by atoms with Crippen LogP contribution >= 0.6 is 23.2 Å². The number of benzene rings is 3. The molecule has 11 heteroatoms. The molecule has 0 bridgehead atoms. The molecule has 0 aliphatic carbocycles. The lowest BCUT2D eigenvalue weighted by Gasteiger charge is -2.32. The third-order valence-corrected chi connectivity index (χ3v) is 8.30. The number of nitrogens with zero attached hydrogens (tertiary/aromatic N) is 2. The number of nitrogens with one attached hydrogen (secondary N) is 1. The monoisotopic (exact) mass is 593 g/mol. The molecular weight excluding hydrogens is 564 g/mol. The molecule has 208 valence electrons. The molecule has 0 fully saturated rings. The highest BCUT2D eigenvalue weighted by Gasteiger charge is 2.33. The number of rotatable bonds is 11. The highest BCUT2D eigenvalue weighted by molar-refractivity contribution is 7.92. The Morgan fingerprint density at radius 2 is 1.59 bits per heavy atom. The molecule has 3 rings (SSSR count). The van der Waals surface area contributed by atoms with E-state index in [4.69, 9.17) is 23.2 Å². The molecule has 0 aromatic heterocycles. The molecule has 3 aromatic rings. The van der Waals surface area contributed by atoms with E-state index in [1.165, 1.54) is 60.4 Å². The Balaban J connectivity index is 2.03. The van der Waals surface area contributed by atoms with Crippen molar-refractivity contribution >= 4 is 50.7 Å². The fourth-order valence-electron chi connectivity index (χ4n) is 3.76. The zero-order valence-corrected chi connectivity index (χ0v) is 24.1. The predicted octanol–water partition coefficient (Wildman–Crippen LogP) is 5.52. The minimum absolute atomic E-state index is 0.110. The third-order valence-electron chi connectivity index (χ3n) is 5.94. The molecule has 0 saturated heterocycles. The van der Waals surface area contributed by atoms with Crippen LogP contribution in [0.1, 0.15) is 26.3 Å². The largest absolute Gasteiger partial charge is 0.354 e. The first kappa shape index (κ1) is 30.4. The number of carbonyl (C=O) groups is 2. The van der Waals surface area contributed by atoms with Gasteiger partial charge in [-0.05, 0) is 54.8 Å². The first-order valence-corrected chi connectivity index (χ1v) is 14.4. The Morgan fingerprint density at radius 1 is 0.949 bits per heavy atom. The third kappa shape index (κ3) is 7.71. The summed E-state index contributed by atoms with van der Waals surface area (Å²) < 4.78 is 42.9.